The van der Waals surface area contributed by atoms with E-state index >= 15 is 0 Å². The molecule has 0 spiro atoms. The lowest BCUT2D eigenvalue weighted by atomic mass is 10.0. The number of rotatable bonds is 4. The van der Waals surface area contributed by atoms with Crippen molar-refractivity contribution >= 4 is 58.9 Å². The van der Waals surface area contributed by atoms with Gasteiger partial charge >= 0.3 is 11.9 Å². The van der Waals surface area contributed by atoms with Gasteiger partial charge in [0.2, 0.25) is 0 Å². The minimum absolute atomic E-state index is 0.103. The number of aliphatic hydroxyl groups is 2. The summed E-state index contributed by atoms with van der Waals surface area (Å²) >= 11 is 21.6. The van der Waals surface area contributed by atoms with E-state index < -0.39 is 24.6 Å². The van der Waals surface area contributed by atoms with E-state index in [1.165, 1.54) is 0 Å². The largest absolute Gasteiger partial charge is 0.368 e. The summed E-state index contributed by atoms with van der Waals surface area (Å²) in [5, 5.41) is 17.4. The summed E-state index contributed by atoms with van der Waals surface area (Å²) in [4.78, 5) is 22.9. The van der Waals surface area contributed by atoms with Gasteiger partial charge in [-0.25, -0.2) is 9.59 Å². The topological polar surface area (TPSA) is 93.1 Å². The molecule has 20 heavy (non-hydrogen) atoms. The lowest BCUT2D eigenvalue weighted by Gasteiger charge is -2.14. The Morgan fingerprint density at radius 3 is 2.15 bits per heavy atom. The molecule has 0 atom stereocenters. The number of aliphatic hydroxyl groups excluding tert-OH is 1. The van der Waals surface area contributed by atoms with Crippen molar-refractivity contribution in [2.24, 2.45) is 0 Å². The SMILES string of the molecule is O=C(OCl)c1cc(Cl)c(C(=O)OCl)c(Cl)c1CC(O)O. The first-order valence-corrected chi connectivity index (χ1v) is 6.23. The second-order valence-corrected chi connectivity index (χ2v) is 4.58. The van der Waals surface area contributed by atoms with Crippen LogP contribution in [0.15, 0.2) is 6.07 Å². The van der Waals surface area contributed by atoms with Crippen molar-refractivity contribution in [2.45, 2.75) is 12.7 Å². The highest BCUT2D eigenvalue weighted by Gasteiger charge is 2.26. The van der Waals surface area contributed by atoms with E-state index in [9.17, 15) is 9.59 Å². The van der Waals surface area contributed by atoms with Crippen molar-refractivity contribution in [3.8, 4) is 0 Å². The van der Waals surface area contributed by atoms with E-state index in [4.69, 9.17) is 57.1 Å². The van der Waals surface area contributed by atoms with Gasteiger partial charge in [0.05, 0.1) is 21.2 Å². The van der Waals surface area contributed by atoms with Crippen LogP contribution in [0.5, 0.6) is 0 Å². The average molecular weight is 364 g/mol. The molecule has 0 unspecified atom stereocenters. The highest BCUT2D eigenvalue weighted by Crippen LogP contribution is 2.33. The maximum atomic E-state index is 11.5. The molecule has 1 aromatic carbocycles. The summed E-state index contributed by atoms with van der Waals surface area (Å²) < 4.78 is 7.99. The van der Waals surface area contributed by atoms with Crippen LogP contribution < -0.4 is 0 Å². The minimum atomic E-state index is -1.84. The van der Waals surface area contributed by atoms with E-state index in [-0.39, 0.29) is 26.7 Å². The number of hydrogen-bond donors (Lipinski definition) is 2. The summed E-state index contributed by atoms with van der Waals surface area (Å²) in [6.45, 7) is 0. The highest BCUT2D eigenvalue weighted by molar-refractivity contribution is 6.41. The Bertz CT molecular complexity index is 545. The minimum Gasteiger partial charge on any atom is -0.368 e. The van der Waals surface area contributed by atoms with E-state index in [2.05, 4.69) is 8.58 Å². The van der Waals surface area contributed by atoms with Gasteiger partial charge in [0, 0.05) is 6.42 Å². The van der Waals surface area contributed by atoms with E-state index in [1.807, 2.05) is 0 Å². The molecule has 0 aliphatic rings. The van der Waals surface area contributed by atoms with Crippen molar-refractivity contribution in [2.75, 3.05) is 0 Å². The zero-order chi connectivity index (χ0) is 15.4. The lowest BCUT2D eigenvalue weighted by Crippen LogP contribution is -2.15. The number of halogens is 4. The molecule has 110 valence electrons. The lowest BCUT2D eigenvalue weighted by molar-refractivity contribution is -0.0382. The van der Waals surface area contributed by atoms with Gasteiger partial charge in [0.1, 0.15) is 23.7 Å². The first-order valence-electron chi connectivity index (χ1n) is 4.86. The predicted molar refractivity (Wildman–Crippen MR) is 70.9 cm³/mol. The molecule has 0 saturated carbocycles. The van der Waals surface area contributed by atoms with Crippen LogP contribution in [0.4, 0.5) is 0 Å². The molecular formula is C10H6Cl4O6. The van der Waals surface area contributed by atoms with Crippen molar-refractivity contribution in [1.29, 1.82) is 0 Å². The Balaban J connectivity index is 3.56. The quantitative estimate of drug-likeness (QED) is 0.798. The average Bonchev–Trinajstić information content (AvgIpc) is 2.40. The van der Waals surface area contributed by atoms with E-state index in [1.54, 1.807) is 0 Å². The molecular weight excluding hydrogens is 358 g/mol. The van der Waals surface area contributed by atoms with Gasteiger partial charge < -0.3 is 18.8 Å². The Morgan fingerprint density at radius 1 is 1.15 bits per heavy atom. The van der Waals surface area contributed by atoms with Crippen LogP contribution in [0.1, 0.15) is 26.3 Å². The fraction of sp³-hybridized carbons (Fsp3) is 0.200. The summed E-state index contributed by atoms with van der Waals surface area (Å²) in [5.41, 5.74) is -0.659. The molecule has 10 heteroatoms. The van der Waals surface area contributed by atoms with E-state index in [0.717, 1.165) is 6.07 Å². The number of hydrogen-bond acceptors (Lipinski definition) is 6. The fourth-order valence-electron chi connectivity index (χ4n) is 1.49. The summed E-state index contributed by atoms with van der Waals surface area (Å²) in [6, 6.07) is 1.03. The normalized spacial score (nSPS) is 10.6. The summed E-state index contributed by atoms with van der Waals surface area (Å²) in [6.07, 6.45) is -2.31. The van der Waals surface area contributed by atoms with Crippen LogP contribution in [0.25, 0.3) is 0 Å². The van der Waals surface area contributed by atoms with Crippen LogP contribution in [0.2, 0.25) is 10.0 Å². The fourth-order valence-corrected chi connectivity index (χ4v) is 2.34. The molecule has 0 saturated heterocycles. The summed E-state index contributed by atoms with van der Waals surface area (Å²) in [5.74, 6) is -2.10. The van der Waals surface area contributed by atoms with Gasteiger partial charge in [-0.2, -0.15) is 0 Å². The molecule has 1 aromatic rings. The second kappa shape index (κ2) is 7.31. The third-order valence-electron chi connectivity index (χ3n) is 2.27. The van der Waals surface area contributed by atoms with Crippen molar-refractivity contribution in [3.63, 3.8) is 0 Å². The van der Waals surface area contributed by atoms with Gasteiger partial charge in [-0.05, 0) is 11.6 Å². The molecule has 0 aliphatic heterocycles. The molecule has 0 radical (unpaired) electrons. The molecule has 1 rings (SSSR count). The molecule has 0 fully saturated rings. The molecule has 0 aliphatic carbocycles. The monoisotopic (exact) mass is 362 g/mol. The van der Waals surface area contributed by atoms with Crippen molar-refractivity contribution in [3.05, 3.63) is 32.8 Å². The molecule has 0 heterocycles. The highest BCUT2D eigenvalue weighted by atomic mass is 35.5. The van der Waals surface area contributed by atoms with Crippen molar-refractivity contribution in [1.82, 2.24) is 0 Å². The van der Waals surface area contributed by atoms with Gasteiger partial charge in [0.25, 0.3) is 0 Å². The van der Waals surface area contributed by atoms with Gasteiger partial charge in [-0.3, -0.25) is 0 Å². The van der Waals surface area contributed by atoms with Crippen LogP contribution >= 0.6 is 46.9 Å². The smallest absolute Gasteiger partial charge is 0.359 e. The van der Waals surface area contributed by atoms with Gasteiger partial charge in [0.15, 0.2) is 6.29 Å². The second-order valence-electron chi connectivity index (χ2n) is 3.49. The maximum Gasteiger partial charge on any atom is 0.359 e. The summed E-state index contributed by atoms with van der Waals surface area (Å²) in [7, 11) is 0. The first-order chi connectivity index (χ1) is 9.33. The number of carbonyl (C=O) groups excluding carboxylic acids is 2. The van der Waals surface area contributed by atoms with Crippen LogP contribution in [0.3, 0.4) is 0 Å². The zero-order valence-electron chi connectivity index (χ0n) is 9.40. The zero-order valence-corrected chi connectivity index (χ0v) is 12.4. The molecule has 0 amide bonds. The van der Waals surface area contributed by atoms with E-state index in [0.29, 0.717) is 0 Å². The standard InChI is InChI=1S/C10H6Cl4O6/c11-5-1-4(9(17)19-13)3(2-6(15)16)8(12)7(5)10(18)20-14/h1,6,15-16H,2H2. The Morgan fingerprint density at radius 2 is 1.70 bits per heavy atom. The first kappa shape index (κ1) is 17.3. The third-order valence-corrected chi connectivity index (χ3v) is 3.27. The molecule has 0 bridgehead atoms. The van der Waals surface area contributed by atoms with Crippen molar-refractivity contribution < 1.29 is 28.4 Å². The molecule has 0 aromatic heterocycles. The van der Waals surface area contributed by atoms with Gasteiger partial charge in [-0.1, -0.05) is 23.2 Å². The number of carbonyl (C=O) groups is 2. The Kier molecular flexibility index (Phi) is 6.32. The van der Waals surface area contributed by atoms with Gasteiger partial charge in [-0.15, -0.1) is 0 Å². The number of benzene rings is 1. The van der Waals surface area contributed by atoms with Crippen LogP contribution in [-0.2, 0) is 15.0 Å². The maximum absolute atomic E-state index is 11.5. The van der Waals surface area contributed by atoms with Crippen LogP contribution in [-0.4, -0.2) is 28.4 Å². The van der Waals surface area contributed by atoms with Crippen LogP contribution in [0, 0.1) is 0 Å². The third kappa shape index (κ3) is 3.66. The Labute approximate surface area is 133 Å². The predicted octanol–water partition coefficient (Wildman–Crippen LogP) is 2.47. The Hall–Kier alpha value is -0.760. The molecule has 2 N–H and O–H groups in total. The molecule has 6 nitrogen and oxygen atoms in total.